The molecule has 3 rings (SSSR count). The molecule has 0 aliphatic rings. The average molecular weight is 460 g/mol. The van der Waals surface area contributed by atoms with Crippen LogP contribution in [0.25, 0.3) is 10.9 Å². The lowest BCUT2D eigenvalue weighted by molar-refractivity contribution is 0.0527. The summed E-state index contributed by atoms with van der Waals surface area (Å²) >= 11 is 6.03. The van der Waals surface area contributed by atoms with Crippen molar-refractivity contribution in [2.24, 2.45) is 0 Å². The second-order valence-corrected chi connectivity index (χ2v) is 7.47. The van der Waals surface area contributed by atoms with E-state index in [-0.39, 0.29) is 0 Å². The number of nitrogens with zero attached hydrogens (tertiary/aromatic N) is 1. The lowest BCUT2D eigenvalue weighted by Crippen LogP contribution is -2.20. The van der Waals surface area contributed by atoms with E-state index in [1.807, 2.05) is 42.5 Å². The molecular weight excluding hydrogens is 430 g/mol. The fraction of sp³-hybridized carbons (Fsp3) is 0.375. The zero-order chi connectivity index (χ0) is 22.6. The lowest BCUT2D eigenvalue weighted by atomic mass is 10.2. The summed E-state index contributed by atoms with van der Waals surface area (Å²) in [6.45, 7) is 4.54. The van der Waals surface area contributed by atoms with Crippen molar-refractivity contribution in [2.75, 3.05) is 59.1 Å². The number of fused-ring (bicyclic) bond motifs is 1. The Hall–Kier alpha value is -2.58. The van der Waals surface area contributed by atoms with Crippen molar-refractivity contribution in [3.05, 3.63) is 59.2 Å². The van der Waals surface area contributed by atoms with Gasteiger partial charge in [-0.25, -0.2) is 0 Å². The van der Waals surface area contributed by atoms with E-state index in [9.17, 15) is 0 Å². The number of nitrogens with one attached hydrogen (secondary N) is 2. The van der Waals surface area contributed by atoms with E-state index in [0.29, 0.717) is 38.0 Å². The first-order valence-electron chi connectivity index (χ1n) is 10.6. The molecule has 0 fully saturated rings. The van der Waals surface area contributed by atoms with Gasteiger partial charge in [0.05, 0.1) is 46.2 Å². The van der Waals surface area contributed by atoms with Gasteiger partial charge >= 0.3 is 0 Å². The van der Waals surface area contributed by atoms with Gasteiger partial charge in [0.15, 0.2) is 11.5 Å². The number of aromatic nitrogens is 1. The summed E-state index contributed by atoms with van der Waals surface area (Å²) in [5.74, 6) is 1.46. The van der Waals surface area contributed by atoms with Gasteiger partial charge in [0, 0.05) is 41.9 Å². The molecular formula is C24H30ClN3O4. The van der Waals surface area contributed by atoms with Crippen molar-refractivity contribution in [1.29, 1.82) is 0 Å². The highest BCUT2D eigenvalue weighted by Crippen LogP contribution is 2.27. The number of benzene rings is 2. The zero-order valence-corrected chi connectivity index (χ0v) is 19.3. The fourth-order valence-corrected chi connectivity index (χ4v) is 3.39. The van der Waals surface area contributed by atoms with Crippen LogP contribution in [0.3, 0.4) is 0 Å². The Morgan fingerprint density at radius 2 is 1.62 bits per heavy atom. The Labute approximate surface area is 194 Å². The number of hydrogen-bond donors (Lipinski definition) is 2. The summed E-state index contributed by atoms with van der Waals surface area (Å²) < 4.78 is 21.8. The average Bonchev–Trinajstić information content (AvgIpc) is 2.82. The molecule has 1 aromatic heterocycles. The van der Waals surface area contributed by atoms with Crippen LogP contribution in [0.4, 0.5) is 5.69 Å². The molecule has 2 N–H and O–H groups in total. The Kier molecular flexibility index (Phi) is 9.84. The van der Waals surface area contributed by atoms with Crippen molar-refractivity contribution >= 4 is 28.2 Å². The molecule has 0 saturated carbocycles. The van der Waals surface area contributed by atoms with Crippen LogP contribution < -0.4 is 20.1 Å². The first-order chi connectivity index (χ1) is 15.7. The van der Waals surface area contributed by atoms with Crippen LogP contribution in [-0.4, -0.2) is 58.7 Å². The maximum Gasteiger partial charge on any atom is 0.161 e. The minimum atomic E-state index is 0.560. The quantitative estimate of drug-likeness (QED) is 0.351. The van der Waals surface area contributed by atoms with E-state index >= 15 is 0 Å². The second-order valence-electron chi connectivity index (χ2n) is 7.04. The molecule has 3 aromatic rings. The van der Waals surface area contributed by atoms with Crippen LogP contribution in [0, 0.1) is 0 Å². The normalized spacial score (nSPS) is 11.0. The van der Waals surface area contributed by atoms with Crippen LogP contribution in [0.2, 0.25) is 5.02 Å². The summed E-state index contributed by atoms with van der Waals surface area (Å²) in [6, 6.07) is 13.5. The molecule has 172 valence electrons. The smallest absolute Gasteiger partial charge is 0.161 e. The third-order valence-electron chi connectivity index (χ3n) is 4.84. The number of rotatable bonds is 14. The van der Waals surface area contributed by atoms with Crippen molar-refractivity contribution in [3.63, 3.8) is 0 Å². The highest BCUT2D eigenvalue weighted by Gasteiger charge is 2.04. The van der Waals surface area contributed by atoms with E-state index in [2.05, 4.69) is 15.6 Å². The summed E-state index contributed by atoms with van der Waals surface area (Å²) in [4.78, 5) is 4.35. The van der Waals surface area contributed by atoms with Gasteiger partial charge in [0.25, 0.3) is 0 Å². The fourth-order valence-electron chi connectivity index (χ4n) is 3.22. The molecule has 32 heavy (non-hydrogen) atoms. The summed E-state index contributed by atoms with van der Waals surface area (Å²) in [7, 11) is 3.27. The van der Waals surface area contributed by atoms with Gasteiger partial charge in [0.2, 0.25) is 0 Å². The molecule has 0 unspecified atom stereocenters. The number of hydrogen-bond acceptors (Lipinski definition) is 7. The topological polar surface area (TPSA) is 73.9 Å². The van der Waals surface area contributed by atoms with E-state index in [0.717, 1.165) is 46.7 Å². The molecule has 0 amide bonds. The monoisotopic (exact) mass is 459 g/mol. The molecule has 0 atom stereocenters. The van der Waals surface area contributed by atoms with Gasteiger partial charge in [-0.2, -0.15) is 0 Å². The van der Waals surface area contributed by atoms with E-state index in [4.69, 9.17) is 30.5 Å². The zero-order valence-electron chi connectivity index (χ0n) is 18.5. The molecule has 0 spiro atoms. The maximum atomic E-state index is 6.03. The molecule has 1 heterocycles. The van der Waals surface area contributed by atoms with Crippen molar-refractivity contribution in [1.82, 2.24) is 10.3 Å². The SMILES string of the molecule is COc1ccc(CNCCOCCOCCNc2ccnc3cc(Cl)ccc23)cc1OC. The number of pyridine rings is 1. The number of methoxy groups -OCH3 is 2. The van der Waals surface area contributed by atoms with Gasteiger partial charge in [0.1, 0.15) is 0 Å². The van der Waals surface area contributed by atoms with Crippen molar-refractivity contribution in [2.45, 2.75) is 6.54 Å². The largest absolute Gasteiger partial charge is 0.493 e. The van der Waals surface area contributed by atoms with Crippen molar-refractivity contribution in [3.8, 4) is 11.5 Å². The minimum Gasteiger partial charge on any atom is -0.493 e. The highest BCUT2D eigenvalue weighted by molar-refractivity contribution is 6.31. The molecule has 0 bridgehead atoms. The molecule has 7 nitrogen and oxygen atoms in total. The molecule has 2 aromatic carbocycles. The molecule has 0 aliphatic heterocycles. The summed E-state index contributed by atoms with van der Waals surface area (Å²) in [6.07, 6.45) is 1.77. The van der Waals surface area contributed by atoms with Gasteiger partial charge in [-0.05, 0) is 42.0 Å². The van der Waals surface area contributed by atoms with E-state index < -0.39 is 0 Å². The van der Waals surface area contributed by atoms with Gasteiger partial charge in [-0.1, -0.05) is 17.7 Å². The van der Waals surface area contributed by atoms with E-state index in [1.54, 1.807) is 20.4 Å². The Bertz CT molecular complexity index is 987. The summed E-state index contributed by atoms with van der Waals surface area (Å²) in [5, 5.41) is 8.46. The van der Waals surface area contributed by atoms with Crippen LogP contribution >= 0.6 is 11.6 Å². The van der Waals surface area contributed by atoms with Gasteiger partial charge in [-0.15, -0.1) is 0 Å². The number of ether oxygens (including phenoxy) is 4. The number of anilines is 1. The third-order valence-corrected chi connectivity index (χ3v) is 5.07. The summed E-state index contributed by atoms with van der Waals surface area (Å²) in [5.41, 5.74) is 3.02. The van der Waals surface area contributed by atoms with Crippen LogP contribution in [-0.2, 0) is 16.0 Å². The van der Waals surface area contributed by atoms with Crippen LogP contribution in [0.15, 0.2) is 48.7 Å². The molecule has 0 radical (unpaired) electrons. The predicted octanol–water partition coefficient (Wildman–Crippen LogP) is 4.14. The second kappa shape index (κ2) is 13.1. The van der Waals surface area contributed by atoms with Gasteiger partial charge < -0.3 is 29.6 Å². The standard InChI is InChI=1S/C24H30ClN3O4/c1-29-23-6-3-18(15-24(23)30-2)17-26-9-11-31-13-14-32-12-10-28-21-7-8-27-22-16-19(25)4-5-20(21)22/h3-8,15-16,26H,9-14,17H2,1-2H3,(H,27,28). The van der Waals surface area contributed by atoms with Crippen LogP contribution in [0.1, 0.15) is 5.56 Å². The first-order valence-corrected chi connectivity index (χ1v) is 10.9. The van der Waals surface area contributed by atoms with Gasteiger partial charge in [-0.3, -0.25) is 4.98 Å². The highest BCUT2D eigenvalue weighted by atomic mass is 35.5. The molecule has 0 saturated heterocycles. The Balaban J connectivity index is 1.22. The lowest BCUT2D eigenvalue weighted by Gasteiger charge is -2.11. The van der Waals surface area contributed by atoms with Crippen LogP contribution in [0.5, 0.6) is 11.5 Å². The molecule has 8 heteroatoms. The first kappa shape index (κ1) is 24.1. The Morgan fingerprint density at radius 3 is 2.41 bits per heavy atom. The third kappa shape index (κ3) is 7.24. The van der Waals surface area contributed by atoms with Crippen molar-refractivity contribution < 1.29 is 18.9 Å². The maximum absolute atomic E-state index is 6.03. The van der Waals surface area contributed by atoms with E-state index in [1.165, 1.54) is 0 Å². The predicted molar refractivity (Wildman–Crippen MR) is 128 cm³/mol. The Morgan fingerprint density at radius 1 is 0.844 bits per heavy atom. The molecule has 0 aliphatic carbocycles. The number of halogens is 1. The minimum absolute atomic E-state index is 0.560.